The maximum absolute atomic E-state index is 6.17. The molecule has 3 aromatic rings. The Morgan fingerprint density at radius 3 is 2.85 bits per heavy atom. The normalized spacial score (nSPS) is 10.6. The van der Waals surface area contributed by atoms with Gasteiger partial charge in [0.2, 0.25) is 5.16 Å². The molecule has 7 nitrogen and oxygen atoms in total. The number of thioether (sulfide) groups is 1. The van der Waals surface area contributed by atoms with E-state index in [1.165, 1.54) is 0 Å². The summed E-state index contributed by atoms with van der Waals surface area (Å²) in [6.45, 7) is 1.57. The molecule has 0 saturated heterocycles. The Morgan fingerprint density at radius 2 is 2.15 bits per heavy atom. The average molecular weight is 429 g/mol. The van der Waals surface area contributed by atoms with Crippen molar-refractivity contribution in [3.05, 3.63) is 41.1 Å². The molecule has 2 aromatic heterocycles. The molecule has 0 aliphatic rings. The number of ether oxygens (including phenoxy) is 1. The first-order chi connectivity index (χ1) is 12.7. The molecule has 0 atom stereocenters. The SMILES string of the molecule is COc1ccc(-c2ccc(CNCCCSc3nnnn3C)o2)cc1Cl.[Cl-]. The van der Waals surface area contributed by atoms with Crippen molar-refractivity contribution < 1.29 is 21.6 Å². The van der Waals surface area contributed by atoms with Crippen LogP contribution >= 0.6 is 23.4 Å². The smallest absolute Gasteiger partial charge is 0.209 e. The zero-order valence-corrected chi connectivity index (χ0v) is 17.3. The van der Waals surface area contributed by atoms with Crippen LogP contribution in [0.2, 0.25) is 5.02 Å². The lowest BCUT2D eigenvalue weighted by Crippen LogP contribution is -3.00. The zero-order valence-electron chi connectivity index (χ0n) is 15.0. The molecule has 0 amide bonds. The molecule has 0 unspecified atom stereocenters. The lowest BCUT2D eigenvalue weighted by Gasteiger charge is -2.05. The van der Waals surface area contributed by atoms with Crippen molar-refractivity contribution in [1.82, 2.24) is 25.5 Å². The van der Waals surface area contributed by atoms with Gasteiger partial charge in [-0.1, -0.05) is 23.4 Å². The third kappa shape index (κ3) is 5.87. The highest BCUT2D eigenvalue weighted by molar-refractivity contribution is 7.99. The number of rotatable bonds is 9. The molecule has 10 heteroatoms. The minimum absolute atomic E-state index is 0. The van der Waals surface area contributed by atoms with E-state index in [-0.39, 0.29) is 12.4 Å². The number of nitrogens with one attached hydrogen (secondary N) is 1. The Bertz CT molecular complexity index is 855. The van der Waals surface area contributed by atoms with Crippen LogP contribution < -0.4 is 22.5 Å². The number of aryl methyl sites for hydroxylation is 1. The van der Waals surface area contributed by atoms with Crippen LogP contribution in [0.3, 0.4) is 0 Å². The standard InChI is InChI=1S/C17H20ClN5O2S.ClH/c1-23-17(20-21-22-23)26-9-3-8-19-11-13-5-7-15(25-13)12-4-6-16(24-2)14(18)10-12;/h4-7,10,19H,3,8-9,11H2,1-2H3;1H/p-1. The summed E-state index contributed by atoms with van der Waals surface area (Å²) in [5.74, 6) is 3.28. The summed E-state index contributed by atoms with van der Waals surface area (Å²) in [6.07, 6.45) is 1.01. The van der Waals surface area contributed by atoms with E-state index in [0.717, 1.165) is 41.0 Å². The summed E-state index contributed by atoms with van der Waals surface area (Å²) >= 11 is 7.82. The first-order valence-corrected chi connectivity index (χ1v) is 9.52. The third-order valence-corrected chi connectivity index (χ3v) is 5.10. The van der Waals surface area contributed by atoms with Gasteiger partial charge in [-0.2, -0.15) is 0 Å². The van der Waals surface area contributed by atoms with Gasteiger partial charge in [0.1, 0.15) is 17.3 Å². The molecule has 146 valence electrons. The van der Waals surface area contributed by atoms with Gasteiger partial charge >= 0.3 is 0 Å². The van der Waals surface area contributed by atoms with Crippen molar-refractivity contribution in [3.63, 3.8) is 0 Å². The first-order valence-electron chi connectivity index (χ1n) is 8.16. The molecule has 0 spiro atoms. The fourth-order valence-corrected chi connectivity index (χ4v) is 3.41. The predicted octanol–water partition coefficient (Wildman–Crippen LogP) is 0.408. The molecule has 3 rings (SSSR count). The quantitative estimate of drug-likeness (QED) is 0.390. The molecule has 0 bridgehead atoms. The zero-order chi connectivity index (χ0) is 18.4. The van der Waals surface area contributed by atoms with Crippen molar-refractivity contribution in [1.29, 1.82) is 0 Å². The van der Waals surface area contributed by atoms with Gasteiger partial charge in [-0.3, -0.25) is 0 Å². The molecule has 2 heterocycles. The van der Waals surface area contributed by atoms with Crippen molar-refractivity contribution in [2.24, 2.45) is 7.05 Å². The Balaban J connectivity index is 0.00000261. The second-order valence-electron chi connectivity index (χ2n) is 5.58. The third-order valence-electron chi connectivity index (χ3n) is 3.71. The number of furan rings is 1. The van der Waals surface area contributed by atoms with E-state index in [2.05, 4.69) is 20.8 Å². The van der Waals surface area contributed by atoms with Crippen LogP contribution in [0.4, 0.5) is 0 Å². The van der Waals surface area contributed by atoms with Crippen molar-refractivity contribution in [2.45, 2.75) is 18.1 Å². The first kappa shape index (κ1) is 21.6. The minimum Gasteiger partial charge on any atom is -1.00 e. The molecular weight excluding hydrogens is 409 g/mol. The van der Waals surface area contributed by atoms with Gasteiger partial charge in [-0.25, -0.2) is 4.68 Å². The van der Waals surface area contributed by atoms with Crippen LogP contribution in [-0.2, 0) is 13.6 Å². The van der Waals surface area contributed by atoms with E-state index >= 15 is 0 Å². The van der Waals surface area contributed by atoms with Gasteiger partial charge in [-0.05, 0) is 53.7 Å². The lowest BCUT2D eigenvalue weighted by atomic mass is 10.2. The summed E-state index contributed by atoms with van der Waals surface area (Å²) in [7, 11) is 3.44. The molecule has 0 aliphatic heterocycles. The van der Waals surface area contributed by atoms with E-state index in [0.29, 0.717) is 17.3 Å². The van der Waals surface area contributed by atoms with Gasteiger partial charge in [0, 0.05) is 18.4 Å². The van der Waals surface area contributed by atoms with Crippen molar-refractivity contribution in [2.75, 3.05) is 19.4 Å². The van der Waals surface area contributed by atoms with Crippen LogP contribution in [0.5, 0.6) is 5.75 Å². The molecular formula is C17H20Cl2N5O2S-. The number of hydrogen-bond donors (Lipinski definition) is 1. The number of benzene rings is 1. The fraction of sp³-hybridized carbons (Fsp3) is 0.353. The summed E-state index contributed by atoms with van der Waals surface area (Å²) in [4.78, 5) is 0. The van der Waals surface area contributed by atoms with Gasteiger partial charge in [0.25, 0.3) is 0 Å². The molecule has 0 fully saturated rings. The molecule has 27 heavy (non-hydrogen) atoms. The molecule has 0 aliphatic carbocycles. The van der Waals surface area contributed by atoms with E-state index < -0.39 is 0 Å². The summed E-state index contributed by atoms with van der Waals surface area (Å²) in [5.41, 5.74) is 0.927. The van der Waals surface area contributed by atoms with Crippen molar-refractivity contribution in [3.8, 4) is 17.1 Å². The number of aromatic nitrogens is 4. The van der Waals surface area contributed by atoms with E-state index in [4.69, 9.17) is 20.8 Å². The fourth-order valence-electron chi connectivity index (χ4n) is 2.36. The number of hydrogen-bond acceptors (Lipinski definition) is 7. The van der Waals surface area contributed by atoms with Crippen LogP contribution in [-0.4, -0.2) is 39.6 Å². The maximum Gasteiger partial charge on any atom is 0.209 e. The van der Waals surface area contributed by atoms with Gasteiger partial charge in [0.05, 0.1) is 18.7 Å². The van der Waals surface area contributed by atoms with Gasteiger partial charge in [-0.15, -0.1) is 5.10 Å². The molecule has 0 radical (unpaired) electrons. The Kier molecular flexibility index (Phi) is 8.43. The number of halogens is 2. The second kappa shape index (κ2) is 10.6. The lowest BCUT2D eigenvalue weighted by molar-refractivity contribution is -0.00000627. The van der Waals surface area contributed by atoms with Crippen molar-refractivity contribution >= 4 is 23.4 Å². The summed E-state index contributed by atoms with van der Waals surface area (Å²) in [5, 5.41) is 16.1. The highest BCUT2D eigenvalue weighted by Crippen LogP contribution is 2.31. The van der Waals surface area contributed by atoms with E-state index in [1.54, 1.807) is 23.6 Å². The summed E-state index contributed by atoms with van der Waals surface area (Å²) < 4.78 is 12.7. The molecule has 1 aromatic carbocycles. The number of tetrazole rings is 1. The Morgan fingerprint density at radius 1 is 1.30 bits per heavy atom. The van der Waals surface area contributed by atoms with Crippen LogP contribution in [0.1, 0.15) is 12.2 Å². The van der Waals surface area contributed by atoms with E-state index in [9.17, 15) is 0 Å². The highest BCUT2D eigenvalue weighted by atomic mass is 35.5. The Hall–Kier alpha value is -1.74. The second-order valence-corrected chi connectivity index (χ2v) is 7.05. The van der Waals surface area contributed by atoms with Crippen LogP contribution in [0, 0.1) is 0 Å². The number of methoxy groups -OCH3 is 1. The minimum atomic E-state index is 0. The predicted molar refractivity (Wildman–Crippen MR) is 102 cm³/mol. The topological polar surface area (TPSA) is 78.0 Å². The molecule has 1 N–H and O–H groups in total. The largest absolute Gasteiger partial charge is 1.00 e. The molecule has 0 saturated carbocycles. The van der Waals surface area contributed by atoms with Gasteiger partial charge in [0.15, 0.2) is 0 Å². The summed E-state index contributed by atoms with van der Waals surface area (Å²) in [6, 6.07) is 9.53. The Labute approximate surface area is 173 Å². The number of nitrogens with zero attached hydrogens (tertiary/aromatic N) is 4. The van der Waals surface area contributed by atoms with Gasteiger partial charge < -0.3 is 26.9 Å². The van der Waals surface area contributed by atoms with E-state index in [1.807, 2.05) is 37.4 Å². The highest BCUT2D eigenvalue weighted by Gasteiger charge is 2.08. The average Bonchev–Trinajstić information content (AvgIpc) is 3.27. The van der Waals surface area contributed by atoms with Crippen LogP contribution in [0.25, 0.3) is 11.3 Å². The monoisotopic (exact) mass is 428 g/mol. The maximum atomic E-state index is 6.17. The van der Waals surface area contributed by atoms with Crippen LogP contribution in [0.15, 0.2) is 39.9 Å².